The average molecular weight is 228 g/mol. The van der Waals surface area contributed by atoms with Crippen LogP contribution in [-0.2, 0) is 0 Å². The van der Waals surface area contributed by atoms with Gasteiger partial charge >= 0.3 is 0 Å². The Morgan fingerprint density at radius 3 is 2.53 bits per heavy atom. The van der Waals surface area contributed by atoms with Crippen LogP contribution in [0.1, 0.15) is 20.8 Å². The summed E-state index contributed by atoms with van der Waals surface area (Å²) in [7, 11) is 0. The fraction of sp³-hybridized carbons (Fsp3) is 0.500. The Balaban J connectivity index is 2.62. The Hall–Kier alpha value is -0.730. The van der Waals surface area contributed by atoms with Gasteiger partial charge in [-0.25, -0.2) is 0 Å². The van der Waals surface area contributed by atoms with Crippen LogP contribution in [0.5, 0.6) is 0 Å². The maximum atomic E-state index is 10.0. The molecular weight excluding hydrogens is 210 g/mol. The van der Waals surface area contributed by atoms with Crippen LogP contribution in [0.3, 0.4) is 0 Å². The molecule has 0 heterocycles. The SMILES string of the molecule is CC(C)C(C)(O)CNc1ccccc1Cl. The Kier molecular flexibility index (Phi) is 4.00. The molecule has 0 aromatic heterocycles. The van der Waals surface area contributed by atoms with Crippen LogP contribution < -0.4 is 5.32 Å². The highest BCUT2D eigenvalue weighted by molar-refractivity contribution is 6.33. The molecule has 0 saturated carbocycles. The first-order valence-corrected chi connectivity index (χ1v) is 5.52. The van der Waals surface area contributed by atoms with Crippen molar-refractivity contribution in [1.29, 1.82) is 0 Å². The van der Waals surface area contributed by atoms with Crippen molar-refractivity contribution in [3.63, 3.8) is 0 Å². The minimum atomic E-state index is -0.723. The van der Waals surface area contributed by atoms with Crippen molar-refractivity contribution in [2.24, 2.45) is 5.92 Å². The van der Waals surface area contributed by atoms with E-state index in [1.54, 1.807) is 0 Å². The van der Waals surface area contributed by atoms with E-state index in [1.165, 1.54) is 0 Å². The van der Waals surface area contributed by atoms with E-state index in [0.717, 1.165) is 5.69 Å². The molecule has 1 aromatic rings. The Labute approximate surface area is 96.3 Å². The molecule has 2 nitrogen and oxygen atoms in total. The van der Waals surface area contributed by atoms with Crippen molar-refractivity contribution in [3.05, 3.63) is 29.3 Å². The number of hydrogen-bond donors (Lipinski definition) is 2. The average Bonchev–Trinajstić information content (AvgIpc) is 2.16. The number of benzene rings is 1. The van der Waals surface area contributed by atoms with Gasteiger partial charge in [0, 0.05) is 6.54 Å². The molecule has 0 fully saturated rings. The lowest BCUT2D eigenvalue weighted by Crippen LogP contribution is -2.38. The van der Waals surface area contributed by atoms with Crippen LogP contribution in [0.4, 0.5) is 5.69 Å². The summed E-state index contributed by atoms with van der Waals surface area (Å²) in [5.41, 5.74) is 0.138. The molecule has 1 unspecified atom stereocenters. The number of hydrogen-bond acceptors (Lipinski definition) is 2. The van der Waals surface area contributed by atoms with Crippen LogP contribution in [-0.4, -0.2) is 17.3 Å². The lowest BCUT2D eigenvalue weighted by atomic mass is 9.92. The first kappa shape index (κ1) is 12.3. The number of rotatable bonds is 4. The maximum absolute atomic E-state index is 10.0. The lowest BCUT2D eigenvalue weighted by Gasteiger charge is -2.28. The molecule has 1 aromatic carbocycles. The number of nitrogens with one attached hydrogen (secondary N) is 1. The van der Waals surface area contributed by atoms with Crippen LogP contribution in [0.15, 0.2) is 24.3 Å². The summed E-state index contributed by atoms with van der Waals surface area (Å²) in [6.45, 7) is 6.30. The van der Waals surface area contributed by atoms with Gasteiger partial charge in [0.1, 0.15) is 0 Å². The van der Waals surface area contributed by atoms with Crippen LogP contribution >= 0.6 is 11.6 Å². The summed E-state index contributed by atoms with van der Waals surface area (Å²) < 4.78 is 0. The predicted octanol–water partition coefficient (Wildman–Crippen LogP) is 3.16. The number of para-hydroxylation sites is 1. The molecule has 1 atom stereocenters. The van der Waals surface area contributed by atoms with E-state index in [-0.39, 0.29) is 5.92 Å². The first-order valence-electron chi connectivity index (χ1n) is 5.14. The zero-order valence-electron chi connectivity index (χ0n) is 9.42. The van der Waals surface area contributed by atoms with Crippen LogP contribution in [0, 0.1) is 5.92 Å². The molecule has 3 heteroatoms. The van der Waals surface area contributed by atoms with Crippen molar-refractivity contribution < 1.29 is 5.11 Å². The second-order valence-corrected chi connectivity index (χ2v) is 4.75. The standard InChI is InChI=1S/C12H18ClNO/c1-9(2)12(3,15)8-14-11-7-5-4-6-10(11)13/h4-7,9,14-15H,8H2,1-3H3. The summed E-state index contributed by atoms with van der Waals surface area (Å²) in [5.74, 6) is 0.201. The molecule has 0 saturated heterocycles. The van der Waals surface area contributed by atoms with Crippen LogP contribution in [0.25, 0.3) is 0 Å². The Morgan fingerprint density at radius 2 is 2.00 bits per heavy atom. The molecule has 0 spiro atoms. The number of aliphatic hydroxyl groups is 1. The third-order valence-corrected chi connectivity index (χ3v) is 3.08. The Morgan fingerprint density at radius 1 is 1.40 bits per heavy atom. The third kappa shape index (κ3) is 3.40. The molecular formula is C12H18ClNO. The van der Waals surface area contributed by atoms with E-state index in [9.17, 15) is 5.11 Å². The van der Waals surface area contributed by atoms with E-state index in [1.807, 2.05) is 45.0 Å². The summed E-state index contributed by atoms with van der Waals surface area (Å²) in [6, 6.07) is 7.53. The summed E-state index contributed by atoms with van der Waals surface area (Å²) in [4.78, 5) is 0. The van der Waals surface area contributed by atoms with Gasteiger partial charge in [-0.3, -0.25) is 0 Å². The van der Waals surface area contributed by atoms with Gasteiger partial charge in [-0.15, -0.1) is 0 Å². The van der Waals surface area contributed by atoms with Crippen molar-refractivity contribution in [2.45, 2.75) is 26.4 Å². The number of anilines is 1. The molecule has 0 aliphatic carbocycles. The number of halogens is 1. The van der Waals surface area contributed by atoms with Gasteiger partial charge in [0.15, 0.2) is 0 Å². The van der Waals surface area contributed by atoms with Crippen LogP contribution in [0.2, 0.25) is 5.02 Å². The third-order valence-electron chi connectivity index (χ3n) is 2.75. The fourth-order valence-corrected chi connectivity index (χ4v) is 1.29. The molecule has 0 amide bonds. The minimum Gasteiger partial charge on any atom is -0.388 e. The summed E-state index contributed by atoms with van der Waals surface area (Å²) >= 11 is 5.99. The van der Waals surface area contributed by atoms with Gasteiger partial charge in [0.05, 0.1) is 16.3 Å². The van der Waals surface area contributed by atoms with E-state index in [0.29, 0.717) is 11.6 Å². The summed E-state index contributed by atoms with van der Waals surface area (Å²) in [5, 5.41) is 13.9. The molecule has 0 aliphatic rings. The minimum absolute atomic E-state index is 0.201. The van der Waals surface area contributed by atoms with E-state index in [4.69, 9.17) is 11.6 Å². The van der Waals surface area contributed by atoms with E-state index in [2.05, 4.69) is 5.32 Å². The van der Waals surface area contributed by atoms with Crippen molar-refractivity contribution in [3.8, 4) is 0 Å². The smallest absolute Gasteiger partial charge is 0.0813 e. The van der Waals surface area contributed by atoms with Gasteiger partial charge < -0.3 is 10.4 Å². The molecule has 1 rings (SSSR count). The highest BCUT2D eigenvalue weighted by Crippen LogP contribution is 2.23. The second-order valence-electron chi connectivity index (χ2n) is 4.35. The lowest BCUT2D eigenvalue weighted by molar-refractivity contribution is 0.0266. The topological polar surface area (TPSA) is 32.3 Å². The quantitative estimate of drug-likeness (QED) is 0.828. The van der Waals surface area contributed by atoms with Crippen molar-refractivity contribution in [1.82, 2.24) is 0 Å². The zero-order chi connectivity index (χ0) is 11.5. The zero-order valence-corrected chi connectivity index (χ0v) is 10.2. The normalized spacial score (nSPS) is 15.1. The first-order chi connectivity index (χ1) is 6.93. The van der Waals surface area contributed by atoms with Gasteiger partial charge in [-0.05, 0) is 25.0 Å². The van der Waals surface area contributed by atoms with Crippen molar-refractivity contribution >= 4 is 17.3 Å². The molecule has 15 heavy (non-hydrogen) atoms. The maximum Gasteiger partial charge on any atom is 0.0813 e. The fourth-order valence-electron chi connectivity index (χ4n) is 1.08. The van der Waals surface area contributed by atoms with Crippen molar-refractivity contribution in [2.75, 3.05) is 11.9 Å². The largest absolute Gasteiger partial charge is 0.388 e. The highest BCUT2D eigenvalue weighted by atomic mass is 35.5. The highest BCUT2D eigenvalue weighted by Gasteiger charge is 2.24. The van der Waals surface area contributed by atoms with E-state index < -0.39 is 5.60 Å². The molecule has 0 radical (unpaired) electrons. The predicted molar refractivity (Wildman–Crippen MR) is 65.4 cm³/mol. The van der Waals surface area contributed by atoms with Gasteiger partial charge in [-0.1, -0.05) is 37.6 Å². The van der Waals surface area contributed by atoms with Gasteiger partial charge in [-0.2, -0.15) is 0 Å². The molecule has 84 valence electrons. The summed E-state index contributed by atoms with van der Waals surface area (Å²) in [6.07, 6.45) is 0. The second kappa shape index (κ2) is 4.86. The Bertz CT molecular complexity index is 323. The van der Waals surface area contributed by atoms with Gasteiger partial charge in [0.2, 0.25) is 0 Å². The van der Waals surface area contributed by atoms with Gasteiger partial charge in [0.25, 0.3) is 0 Å². The molecule has 0 aliphatic heterocycles. The molecule has 2 N–H and O–H groups in total. The van der Waals surface area contributed by atoms with E-state index >= 15 is 0 Å². The molecule has 0 bridgehead atoms. The monoisotopic (exact) mass is 227 g/mol.